The van der Waals surface area contributed by atoms with E-state index in [4.69, 9.17) is 18.3 Å². The average molecular weight is 406 g/mol. The number of aryl methyl sites for hydroxylation is 2. The van der Waals surface area contributed by atoms with Crippen LogP contribution in [0.5, 0.6) is 5.75 Å². The van der Waals surface area contributed by atoms with Gasteiger partial charge >= 0.3 is 13.5 Å². The molecule has 0 saturated heterocycles. The van der Waals surface area contributed by atoms with Gasteiger partial charge in [0.15, 0.2) is 6.23 Å². The van der Waals surface area contributed by atoms with E-state index in [1.165, 1.54) is 10.8 Å². The highest BCUT2D eigenvalue weighted by Crippen LogP contribution is 2.55. The molecule has 0 radical (unpaired) electrons. The van der Waals surface area contributed by atoms with Gasteiger partial charge in [-0.1, -0.05) is 24.3 Å². The summed E-state index contributed by atoms with van der Waals surface area (Å²) in [6, 6.07) is 5.56. The molecular formula is C18H19N2O7P. The number of rotatable bonds is 4. The summed E-state index contributed by atoms with van der Waals surface area (Å²) in [7, 11) is -3.77. The Balaban J connectivity index is 1.41. The first kappa shape index (κ1) is 18.9. The first-order chi connectivity index (χ1) is 13.3. The third-order valence-corrected chi connectivity index (χ3v) is 5.81. The van der Waals surface area contributed by atoms with Gasteiger partial charge in [0.2, 0.25) is 0 Å². The molecule has 0 saturated carbocycles. The molecule has 2 aliphatic heterocycles. The van der Waals surface area contributed by atoms with Crippen molar-refractivity contribution in [3.8, 4) is 5.75 Å². The first-order valence-electron chi connectivity index (χ1n) is 8.68. The lowest BCUT2D eigenvalue weighted by atomic mass is 10.1. The summed E-state index contributed by atoms with van der Waals surface area (Å²) >= 11 is 0. The molecule has 10 heteroatoms. The van der Waals surface area contributed by atoms with E-state index in [0.717, 1.165) is 11.1 Å². The number of benzene rings is 1. The van der Waals surface area contributed by atoms with Gasteiger partial charge in [0.1, 0.15) is 11.9 Å². The van der Waals surface area contributed by atoms with Crippen LogP contribution in [0.3, 0.4) is 0 Å². The highest BCUT2D eigenvalue weighted by molar-refractivity contribution is 7.49. The minimum Gasteiger partial charge on any atom is -0.403 e. The number of hydrogen-bond acceptors (Lipinski definition) is 7. The Morgan fingerprint density at radius 1 is 1.25 bits per heavy atom. The van der Waals surface area contributed by atoms with Crippen LogP contribution in [0.2, 0.25) is 0 Å². The Bertz CT molecular complexity index is 1100. The second-order valence-corrected chi connectivity index (χ2v) is 8.19. The number of fused-ring (bicyclic) bond motifs is 1. The van der Waals surface area contributed by atoms with Crippen molar-refractivity contribution in [3.63, 3.8) is 0 Å². The molecule has 4 rings (SSSR count). The maximum Gasteiger partial charge on any atom is 0.530 e. The fourth-order valence-electron chi connectivity index (χ4n) is 2.99. The molecular weight excluding hydrogens is 387 g/mol. The Kier molecular flexibility index (Phi) is 4.84. The maximum absolute atomic E-state index is 12.8. The van der Waals surface area contributed by atoms with E-state index in [1.54, 1.807) is 19.1 Å². The molecule has 3 heterocycles. The van der Waals surface area contributed by atoms with E-state index in [-0.39, 0.29) is 13.2 Å². The topological polar surface area (TPSA) is 109 Å². The van der Waals surface area contributed by atoms with Crippen molar-refractivity contribution in [2.75, 3.05) is 6.61 Å². The van der Waals surface area contributed by atoms with Crippen molar-refractivity contribution in [1.82, 2.24) is 9.55 Å². The van der Waals surface area contributed by atoms with Crippen molar-refractivity contribution in [2.24, 2.45) is 0 Å². The van der Waals surface area contributed by atoms with Crippen molar-refractivity contribution in [2.45, 2.75) is 32.8 Å². The zero-order valence-corrected chi connectivity index (χ0v) is 16.2. The van der Waals surface area contributed by atoms with Crippen molar-refractivity contribution in [3.05, 3.63) is 74.1 Å². The largest absolute Gasteiger partial charge is 0.530 e. The van der Waals surface area contributed by atoms with Crippen LogP contribution in [0.1, 0.15) is 22.9 Å². The minimum absolute atomic E-state index is 0.0808. The van der Waals surface area contributed by atoms with E-state index in [0.29, 0.717) is 11.3 Å². The summed E-state index contributed by atoms with van der Waals surface area (Å²) in [6.07, 6.45) is 3.51. The van der Waals surface area contributed by atoms with E-state index >= 15 is 0 Å². The zero-order valence-electron chi connectivity index (χ0n) is 15.3. The van der Waals surface area contributed by atoms with Crippen LogP contribution in [0.25, 0.3) is 0 Å². The smallest absolute Gasteiger partial charge is 0.403 e. The normalized spacial score (nSPS) is 26.1. The predicted molar refractivity (Wildman–Crippen MR) is 99.3 cm³/mol. The summed E-state index contributed by atoms with van der Waals surface area (Å²) in [5, 5.41) is 0. The van der Waals surface area contributed by atoms with E-state index in [9.17, 15) is 14.2 Å². The molecule has 9 nitrogen and oxygen atoms in total. The van der Waals surface area contributed by atoms with Crippen LogP contribution in [0.4, 0.5) is 0 Å². The lowest BCUT2D eigenvalue weighted by molar-refractivity contribution is -0.0130. The third-order valence-electron chi connectivity index (χ3n) is 4.50. The molecule has 0 amide bonds. The van der Waals surface area contributed by atoms with Crippen LogP contribution in [-0.2, 0) is 25.0 Å². The molecule has 1 aromatic heterocycles. The van der Waals surface area contributed by atoms with Gasteiger partial charge in [-0.25, -0.2) is 9.36 Å². The number of para-hydroxylation sites is 1. The van der Waals surface area contributed by atoms with Crippen LogP contribution in [-0.4, -0.2) is 22.3 Å². The van der Waals surface area contributed by atoms with E-state index in [2.05, 4.69) is 4.98 Å². The SMILES string of the molecule is Cc1cccc2c1O[P@@](=O)(OCC1C=CC(n3cc(C)c(=O)[nH]c3=O)O1)OC2. The lowest BCUT2D eigenvalue weighted by Crippen LogP contribution is -2.33. The van der Waals surface area contributed by atoms with Gasteiger partial charge in [-0.05, 0) is 25.5 Å². The highest BCUT2D eigenvalue weighted by atomic mass is 31.2. The number of aromatic nitrogens is 2. The molecule has 1 aromatic carbocycles. The molecule has 148 valence electrons. The summed E-state index contributed by atoms with van der Waals surface area (Å²) in [5.41, 5.74) is 1.02. The Hall–Kier alpha value is -2.45. The number of nitrogens with zero attached hydrogens (tertiary/aromatic N) is 1. The van der Waals surface area contributed by atoms with Gasteiger partial charge in [-0.2, -0.15) is 0 Å². The number of aromatic amines is 1. The molecule has 2 unspecified atom stereocenters. The lowest BCUT2D eigenvalue weighted by Gasteiger charge is -2.26. The number of ether oxygens (including phenoxy) is 1. The fraction of sp³-hybridized carbons (Fsp3) is 0.333. The second kappa shape index (κ2) is 7.18. The Morgan fingerprint density at radius 2 is 2.07 bits per heavy atom. The molecule has 0 bridgehead atoms. The number of phosphoric ester groups is 1. The van der Waals surface area contributed by atoms with Crippen LogP contribution < -0.4 is 15.8 Å². The van der Waals surface area contributed by atoms with E-state index in [1.807, 2.05) is 25.1 Å². The average Bonchev–Trinajstić information content (AvgIpc) is 3.13. The first-order valence-corrected chi connectivity index (χ1v) is 10.1. The molecule has 2 aromatic rings. The Labute approximate surface area is 160 Å². The molecule has 28 heavy (non-hydrogen) atoms. The summed E-state index contributed by atoms with van der Waals surface area (Å²) in [5.74, 6) is 0.508. The third kappa shape index (κ3) is 3.62. The standard InChI is InChI=1S/C18H19N2O7P/c1-11-4-3-5-13-9-24-28(23,27-16(11)13)25-10-14-6-7-15(26-14)20-8-12(2)17(21)19-18(20)22/h3-8,14-15H,9-10H2,1-2H3,(H,19,21,22)/t14?,15?,28-/m1/s1. The van der Waals surface area contributed by atoms with Crippen LogP contribution >= 0.6 is 7.82 Å². The predicted octanol–water partition coefficient (Wildman–Crippen LogP) is 2.34. The fourth-order valence-corrected chi connectivity index (χ4v) is 4.28. The van der Waals surface area contributed by atoms with Crippen molar-refractivity contribution < 1.29 is 22.9 Å². The number of nitrogens with one attached hydrogen (secondary N) is 1. The quantitative estimate of drug-likeness (QED) is 0.613. The van der Waals surface area contributed by atoms with Crippen molar-refractivity contribution >= 4 is 7.82 Å². The van der Waals surface area contributed by atoms with E-state index < -0.39 is 31.4 Å². The molecule has 0 aliphatic carbocycles. The van der Waals surface area contributed by atoms with Gasteiger partial charge in [0.05, 0.1) is 13.2 Å². The zero-order chi connectivity index (χ0) is 19.9. The highest BCUT2D eigenvalue weighted by Gasteiger charge is 2.36. The molecule has 0 spiro atoms. The minimum atomic E-state index is -3.77. The molecule has 1 N–H and O–H groups in total. The molecule has 0 fully saturated rings. The maximum atomic E-state index is 12.8. The monoisotopic (exact) mass is 406 g/mol. The van der Waals surface area contributed by atoms with Gasteiger partial charge in [-0.3, -0.25) is 23.4 Å². The Morgan fingerprint density at radius 3 is 2.89 bits per heavy atom. The summed E-state index contributed by atoms with van der Waals surface area (Å²) < 4.78 is 36.0. The van der Waals surface area contributed by atoms with Gasteiger partial charge < -0.3 is 9.26 Å². The summed E-state index contributed by atoms with van der Waals surface area (Å²) in [4.78, 5) is 25.7. The van der Waals surface area contributed by atoms with Crippen molar-refractivity contribution in [1.29, 1.82) is 0 Å². The number of hydrogen-bond donors (Lipinski definition) is 1. The second-order valence-electron chi connectivity index (χ2n) is 6.60. The van der Waals surface area contributed by atoms with Gasteiger partial charge in [-0.15, -0.1) is 0 Å². The summed E-state index contributed by atoms with van der Waals surface area (Å²) in [6.45, 7) is 3.50. The number of H-pyrrole nitrogens is 1. The van der Waals surface area contributed by atoms with Gasteiger partial charge in [0.25, 0.3) is 5.56 Å². The van der Waals surface area contributed by atoms with Crippen LogP contribution in [0.15, 0.2) is 46.1 Å². The number of phosphoric acid groups is 1. The van der Waals surface area contributed by atoms with Gasteiger partial charge in [0, 0.05) is 17.3 Å². The van der Waals surface area contributed by atoms with Crippen LogP contribution in [0, 0.1) is 13.8 Å². The molecule has 2 aliphatic rings. The molecule has 3 atom stereocenters.